The summed E-state index contributed by atoms with van der Waals surface area (Å²) in [6, 6.07) is 5.49. The summed E-state index contributed by atoms with van der Waals surface area (Å²) in [7, 11) is 0. The largest absolute Gasteiger partial charge is 0.364 e. The Morgan fingerprint density at radius 2 is 2.08 bits per heavy atom. The number of anilines is 1. The zero-order chi connectivity index (χ0) is 16.4. The van der Waals surface area contributed by atoms with Crippen LogP contribution in [0.25, 0.3) is 0 Å². The zero-order valence-electron chi connectivity index (χ0n) is 13.1. The summed E-state index contributed by atoms with van der Waals surface area (Å²) in [6.45, 7) is 0.759. The first kappa shape index (κ1) is 18.6. The van der Waals surface area contributed by atoms with Gasteiger partial charge in [-0.2, -0.15) is 0 Å². The molecule has 2 saturated heterocycles. The number of halogens is 2. The van der Waals surface area contributed by atoms with E-state index in [9.17, 15) is 14.0 Å². The first-order valence-corrected chi connectivity index (χ1v) is 7.82. The first-order valence-electron chi connectivity index (χ1n) is 7.82. The molecular weight excluding hydrogens is 337 g/mol. The maximum absolute atomic E-state index is 13.8. The van der Waals surface area contributed by atoms with Crippen molar-refractivity contribution in [3.05, 3.63) is 30.1 Å². The fraction of sp³-hybridized carbons (Fsp3) is 0.500. The molecule has 2 amide bonds. The van der Waals surface area contributed by atoms with Crippen LogP contribution < -0.4 is 16.0 Å². The second kappa shape index (κ2) is 7.92. The zero-order valence-corrected chi connectivity index (χ0v) is 13.9. The third-order valence-corrected chi connectivity index (χ3v) is 4.33. The molecule has 0 saturated carbocycles. The van der Waals surface area contributed by atoms with E-state index in [2.05, 4.69) is 5.32 Å². The number of carbonyl (C=O) groups excluding carboxylic acids is 2. The predicted molar refractivity (Wildman–Crippen MR) is 89.5 cm³/mol. The maximum atomic E-state index is 13.8. The highest BCUT2D eigenvalue weighted by molar-refractivity contribution is 6.01. The van der Waals surface area contributed by atoms with Gasteiger partial charge in [-0.25, -0.2) is 4.39 Å². The molecule has 132 valence electrons. The Kier molecular flexibility index (Phi) is 6.15. The topological polar surface area (TPSA) is 84.7 Å². The summed E-state index contributed by atoms with van der Waals surface area (Å²) in [6.07, 6.45) is 1.14. The van der Waals surface area contributed by atoms with Crippen LogP contribution in [0.1, 0.15) is 19.3 Å². The Labute approximate surface area is 145 Å². The minimum Gasteiger partial charge on any atom is -0.364 e. The molecule has 1 unspecified atom stereocenters. The summed E-state index contributed by atoms with van der Waals surface area (Å²) >= 11 is 0. The number of carbonyl (C=O) groups is 2. The van der Waals surface area contributed by atoms with Crippen LogP contribution in [0.2, 0.25) is 0 Å². The van der Waals surface area contributed by atoms with E-state index in [4.69, 9.17) is 10.5 Å². The fourth-order valence-corrected chi connectivity index (χ4v) is 3.06. The molecule has 2 heterocycles. The smallest absolute Gasteiger partial charge is 0.249 e. The standard InChI is InChI=1S/C16H20FN3O3.ClH/c17-11-3-1-2-4-13(11)20-8-7-12(16(20)22)19-15(21)14-6-5-10(9-18)23-14;/h1-4,10,12,14H,5-9,18H2,(H,19,21);1H/t10-,12?,14+;/m1./s1. The molecule has 0 aromatic heterocycles. The number of rotatable bonds is 4. The van der Waals surface area contributed by atoms with Gasteiger partial charge in [0.2, 0.25) is 11.8 Å². The fourth-order valence-electron chi connectivity index (χ4n) is 3.06. The predicted octanol–water partition coefficient (Wildman–Crippen LogP) is 0.975. The van der Waals surface area contributed by atoms with Gasteiger partial charge in [-0.3, -0.25) is 9.59 Å². The number of amides is 2. The Morgan fingerprint density at radius 3 is 2.75 bits per heavy atom. The Bertz CT molecular complexity index is 616. The minimum absolute atomic E-state index is 0. The van der Waals surface area contributed by atoms with Gasteiger partial charge in [0.25, 0.3) is 0 Å². The Balaban J connectivity index is 0.00000208. The average molecular weight is 358 g/mol. The third kappa shape index (κ3) is 3.68. The molecule has 2 aliphatic rings. The van der Waals surface area contributed by atoms with Crippen LogP contribution in [0, 0.1) is 5.82 Å². The molecule has 1 aromatic carbocycles. The lowest BCUT2D eigenvalue weighted by Gasteiger charge is -2.19. The van der Waals surface area contributed by atoms with E-state index in [1.165, 1.54) is 11.0 Å². The maximum Gasteiger partial charge on any atom is 0.249 e. The number of benzene rings is 1. The van der Waals surface area contributed by atoms with E-state index in [0.29, 0.717) is 25.9 Å². The quantitative estimate of drug-likeness (QED) is 0.841. The van der Waals surface area contributed by atoms with Crippen molar-refractivity contribution in [2.45, 2.75) is 37.5 Å². The van der Waals surface area contributed by atoms with Crippen molar-refractivity contribution in [3.63, 3.8) is 0 Å². The molecule has 24 heavy (non-hydrogen) atoms. The average Bonchev–Trinajstić information content (AvgIpc) is 3.16. The highest BCUT2D eigenvalue weighted by atomic mass is 35.5. The molecule has 3 N–H and O–H groups in total. The van der Waals surface area contributed by atoms with Gasteiger partial charge in [-0.1, -0.05) is 12.1 Å². The second-order valence-electron chi connectivity index (χ2n) is 5.85. The molecule has 2 aliphatic heterocycles. The van der Waals surface area contributed by atoms with Crippen LogP contribution in [0.4, 0.5) is 10.1 Å². The van der Waals surface area contributed by atoms with Gasteiger partial charge in [0.1, 0.15) is 18.0 Å². The third-order valence-electron chi connectivity index (χ3n) is 4.33. The van der Waals surface area contributed by atoms with Crippen LogP contribution in [-0.4, -0.2) is 43.2 Å². The lowest BCUT2D eigenvalue weighted by atomic mass is 10.1. The summed E-state index contributed by atoms with van der Waals surface area (Å²) in [5.74, 6) is -1.04. The van der Waals surface area contributed by atoms with E-state index >= 15 is 0 Å². The van der Waals surface area contributed by atoms with Gasteiger partial charge >= 0.3 is 0 Å². The number of nitrogens with one attached hydrogen (secondary N) is 1. The van der Waals surface area contributed by atoms with E-state index in [1.807, 2.05) is 0 Å². The van der Waals surface area contributed by atoms with Gasteiger partial charge in [0, 0.05) is 13.1 Å². The Morgan fingerprint density at radius 1 is 1.33 bits per heavy atom. The number of hydrogen-bond acceptors (Lipinski definition) is 4. The van der Waals surface area contributed by atoms with Crippen molar-refractivity contribution in [2.75, 3.05) is 18.0 Å². The lowest BCUT2D eigenvalue weighted by molar-refractivity contribution is -0.134. The SMILES string of the molecule is Cl.NC[C@H]1CC[C@@H](C(=O)NC2CCN(c3ccccc3F)C2=O)O1. The van der Waals surface area contributed by atoms with Crippen molar-refractivity contribution in [1.82, 2.24) is 5.32 Å². The summed E-state index contributed by atoms with van der Waals surface area (Å²) < 4.78 is 19.3. The minimum atomic E-state index is -0.636. The van der Waals surface area contributed by atoms with Crippen molar-refractivity contribution in [2.24, 2.45) is 5.73 Å². The molecule has 1 aromatic rings. The molecule has 3 rings (SSSR count). The monoisotopic (exact) mass is 357 g/mol. The van der Waals surface area contributed by atoms with Crippen molar-refractivity contribution < 1.29 is 18.7 Å². The summed E-state index contributed by atoms with van der Waals surface area (Å²) in [4.78, 5) is 26.0. The highest BCUT2D eigenvalue weighted by Crippen LogP contribution is 2.25. The van der Waals surface area contributed by atoms with Crippen molar-refractivity contribution >= 4 is 29.9 Å². The van der Waals surface area contributed by atoms with Crippen LogP contribution >= 0.6 is 12.4 Å². The molecule has 8 heteroatoms. The second-order valence-corrected chi connectivity index (χ2v) is 5.85. The van der Waals surface area contributed by atoms with E-state index in [1.54, 1.807) is 18.2 Å². The van der Waals surface area contributed by atoms with Crippen LogP contribution in [0.3, 0.4) is 0 Å². The van der Waals surface area contributed by atoms with Crippen LogP contribution in [-0.2, 0) is 14.3 Å². The van der Waals surface area contributed by atoms with Crippen LogP contribution in [0.5, 0.6) is 0 Å². The molecule has 0 aliphatic carbocycles. The van der Waals surface area contributed by atoms with Gasteiger partial charge in [0.15, 0.2) is 0 Å². The van der Waals surface area contributed by atoms with Crippen LogP contribution in [0.15, 0.2) is 24.3 Å². The van der Waals surface area contributed by atoms with Gasteiger partial charge < -0.3 is 20.7 Å². The molecule has 0 bridgehead atoms. The van der Waals surface area contributed by atoms with Gasteiger partial charge in [-0.05, 0) is 31.4 Å². The lowest BCUT2D eigenvalue weighted by Crippen LogP contribution is -2.46. The van der Waals surface area contributed by atoms with Crippen molar-refractivity contribution in [1.29, 1.82) is 0 Å². The summed E-state index contributed by atoms with van der Waals surface area (Å²) in [5.41, 5.74) is 5.77. The summed E-state index contributed by atoms with van der Waals surface area (Å²) in [5, 5.41) is 2.72. The Hall–Kier alpha value is -1.70. The number of hydrogen-bond donors (Lipinski definition) is 2. The van der Waals surface area contributed by atoms with Crippen molar-refractivity contribution in [3.8, 4) is 0 Å². The number of ether oxygens (including phenoxy) is 1. The van der Waals surface area contributed by atoms with Gasteiger partial charge in [-0.15, -0.1) is 12.4 Å². The number of nitrogens with two attached hydrogens (primary N) is 1. The number of para-hydroxylation sites is 1. The van der Waals surface area contributed by atoms with Gasteiger partial charge in [0.05, 0.1) is 11.8 Å². The molecule has 0 spiro atoms. The molecule has 2 fully saturated rings. The van der Waals surface area contributed by atoms with E-state index < -0.39 is 18.0 Å². The first-order chi connectivity index (χ1) is 11.1. The normalized spacial score (nSPS) is 26.3. The molecule has 0 radical (unpaired) electrons. The molecule has 3 atom stereocenters. The number of nitrogens with zero attached hydrogens (tertiary/aromatic N) is 1. The molecule has 6 nitrogen and oxygen atoms in total. The highest BCUT2D eigenvalue weighted by Gasteiger charge is 2.37. The van der Waals surface area contributed by atoms with E-state index in [0.717, 1.165) is 6.42 Å². The van der Waals surface area contributed by atoms with E-state index in [-0.39, 0.29) is 36.0 Å². The molecular formula is C16H21ClFN3O3.